The summed E-state index contributed by atoms with van der Waals surface area (Å²) in [5.74, 6) is -1.77. The molecule has 0 aliphatic heterocycles. The Morgan fingerprint density at radius 3 is 1.50 bits per heavy atom. The third-order valence-corrected chi connectivity index (χ3v) is 3.32. The largest absolute Gasteiger partial charge is 0.331 e. The molecule has 2 aromatic rings. The summed E-state index contributed by atoms with van der Waals surface area (Å²) in [6, 6.07) is 15.1. The molecular formula is C18H18N4O2. The maximum absolute atomic E-state index is 11.6. The zero-order chi connectivity index (χ0) is 17.4. The molecule has 0 atom stereocenters. The van der Waals surface area contributed by atoms with Crippen LogP contribution in [-0.2, 0) is 9.59 Å². The van der Waals surface area contributed by atoms with Gasteiger partial charge in [-0.1, -0.05) is 48.5 Å². The molecule has 2 N–H and O–H groups in total. The fourth-order valence-electron chi connectivity index (χ4n) is 1.89. The molecule has 6 heteroatoms. The molecule has 6 nitrogen and oxygen atoms in total. The number of nitrogens with zero attached hydrogens (tertiary/aromatic N) is 2. The molecule has 0 saturated carbocycles. The first-order valence-corrected chi connectivity index (χ1v) is 7.35. The van der Waals surface area contributed by atoms with Gasteiger partial charge in [-0.3, -0.25) is 9.59 Å². The quantitative estimate of drug-likeness (QED) is 0.512. The van der Waals surface area contributed by atoms with Gasteiger partial charge in [-0.2, -0.15) is 10.2 Å². The van der Waals surface area contributed by atoms with E-state index in [0.717, 1.165) is 22.3 Å². The highest BCUT2D eigenvalue weighted by molar-refractivity contribution is 6.35. The highest BCUT2D eigenvalue weighted by atomic mass is 16.2. The zero-order valence-corrected chi connectivity index (χ0v) is 13.5. The summed E-state index contributed by atoms with van der Waals surface area (Å²) >= 11 is 0. The Morgan fingerprint density at radius 1 is 0.750 bits per heavy atom. The molecule has 0 heterocycles. The first-order chi connectivity index (χ1) is 11.6. The van der Waals surface area contributed by atoms with Gasteiger partial charge in [0.2, 0.25) is 0 Å². The molecule has 0 radical (unpaired) electrons. The number of nitrogens with one attached hydrogen (secondary N) is 2. The highest BCUT2D eigenvalue weighted by Gasteiger charge is 2.11. The molecular weight excluding hydrogens is 304 g/mol. The van der Waals surface area contributed by atoms with Crippen molar-refractivity contribution < 1.29 is 9.59 Å². The first-order valence-electron chi connectivity index (χ1n) is 7.35. The number of amides is 2. The maximum Gasteiger partial charge on any atom is 0.331 e. The third-order valence-electron chi connectivity index (χ3n) is 3.32. The SMILES string of the molecule is Cc1ccccc1/C=N\NC(=O)C(=O)N/N=C\c1ccccc1C. The molecule has 0 saturated heterocycles. The van der Waals surface area contributed by atoms with E-state index >= 15 is 0 Å². The van der Waals surface area contributed by atoms with Crippen LogP contribution in [0.5, 0.6) is 0 Å². The van der Waals surface area contributed by atoms with Gasteiger partial charge in [0.15, 0.2) is 0 Å². The Labute approximate surface area is 140 Å². The number of aryl methyl sites for hydroxylation is 2. The molecule has 0 bridgehead atoms. The number of hydrogen-bond donors (Lipinski definition) is 2. The van der Waals surface area contributed by atoms with E-state index in [-0.39, 0.29) is 0 Å². The fraction of sp³-hybridized carbons (Fsp3) is 0.111. The van der Waals surface area contributed by atoms with Gasteiger partial charge < -0.3 is 0 Å². The smallest absolute Gasteiger partial charge is 0.262 e. The van der Waals surface area contributed by atoms with E-state index < -0.39 is 11.8 Å². The summed E-state index contributed by atoms with van der Waals surface area (Å²) in [5.41, 5.74) is 8.07. The number of carbonyl (C=O) groups excluding carboxylic acids is 2. The molecule has 0 unspecified atom stereocenters. The minimum Gasteiger partial charge on any atom is -0.262 e. The van der Waals surface area contributed by atoms with E-state index in [0.29, 0.717) is 0 Å². The van der Waals surface area contributed by atoms with Crippen molar-refractivity contribution in [3.63, 3.8) is 0 Å². The van der Waals surface area contributed by atoms with Crippen molar-refractivity contribution in [2.45, 2.75) is 13.8 Å². The molecule has 0 spiro atoms. The molecule has 24 heavy (non-hydrogen) atoms. The Hall–Kier alpha value is -3.28. The van der Waals surface area contributed by atoms with Gasteiger partial charge in [0.05, 0.1) is 12.4 Å². The van der Waals surface area contributed by atoms with Crippen molar-refractivity contribution in [1.29, 1.82) is 0 Å². The van der Waals surface area contributed by atoms with E-state index in [1.165, 1.54) is 12.4 Å². The van der Waals surface area contributed by atoms with Gasteiger partial charge in [0, 0.05) is 0 Å². The van der Waals surface area contributed by atoms with Gasteiger partial charge in [-0.25, -0.2) is 10.9 Å². The van der Waals surface area contributed by atoms with E-state index in [9.17, 15) is 9.59 Å². The van der Waals surface area contributed by atoms with Crippen molar-refractivity contribution >= 4 is 24.2 Å². The Balaban J connectivity index is 1.85. The molecule has 0 aliphatic rings. The number of rotatable bonds is 4. The highest BCUT2D eigenvalue weighted by Crippen LogP contribution is 2.03. The van der Waals surface area contributed by atoms with Gasteiger partial charge in [0.1, 0.15) is 0 Å². The minimum atomic E-state index is -0.887. The minimum absolute atomic E-state index is 0.857. The third kappa shape index (κ3) is 4.88. The van der Waals surface area contributed by atoms with Crippen molar-refractivity contribution in [3.05, 3.63) is 70.8 Å². The van der Waals surface area contributed by atoms with E-state index in [2.05, 4.69) is 21.1 Å². The molecule has 2 rings (SSSR count). The molecule has 2 aromatic carbocycles. The second-order valence-corrected chi connectivity index (χ2v) is 5.11. The lowest BCUT2D eigenvalue weighted by Gasteiger charge is -2.00. The summed E-state index contributed by atoms with van der Waals surface area (Å²) in [6.07, 6.45) is 2.97. The number of benzene rings is 2. The standard InChI is InChI=1S/C18H18N4O2/c1-13-7-3-5-9-15(13)11-19-21-17(23)18(24)22-20-12-16-10-6-4-8-14(16)2/h3-12H,1-2H3,(H,21,23)(H,22,24)/b19-11-,20-12-. The topological polar surface area (TPSA) is 82.9 Å². The average Bonchev–Trinajstić information content (AvgIpc) is 2.58. The lowest BCUT2D eigenvalue weighted by atomic mass is 10.1. The molecule has 0 aromatic heterocycles. The van der Waals surface area contributed by atoms with Crippen LogP contribution in [0.3, 0.4) is 0 Å². The van der Waals surface area contributed by atoms with Crippen LogP contribution in [0.2, 0.25) is 0 Å². The van der Waals surface area contributed by atoms with Crippen LogP contribution in [0.4, 0.5) is 0 Å². The van der Waals surface area contributed by atoms with Crippen molar-refractivity contribution in [2.24, 2.45) is 10.2 Å². The lowest BCUT2D eigenvalue weighted by Crippen LogP contribution is -2.35. The van der Waals surface area contributed by atoms with Gasteiger partial charge in [-0.05, 0) is 36.1 Å². The second kappa shape index (κ2) is 8.38. The van der Waals surface area contributed by atoms with Crippen LogP contribution in [0.25, 0.3) is 0 Å². The van der Waals surface area contributed by atoms with Crippen molar-refractivity contribution in [3.8, 4) is 0 Å². The van der Waals surface area contributed by atoms with Crippen LogP contribution < -0.4 is 10.9 Å². The molecule has 0 aliphatic carbocycles. The van der Waals surface area contributed by atoms with Gasteiger partial charge in [-0.15, -0.1) is 0 Å². The van der Waals surface area contributed by atoms with E-state index in [1.54, 1.807) is 0 Å². The van der Waals surface area contributed by atoms with Gasteiger partial charge >= 0.3 is 11.8 Å². The number of carbonyl (C=O) groups is 2. The fourth-order valence-corrected chi connectivity index (χ4v) is 1.89. The van der Waals surface area contributed by atoms with Crippen molar-refractivity contribution in [2.75, 3.05) is 0 Å². The predicted molar refractivity (Wildman–Crippen MR) is 93.8 cm³/mol. The maximum atomic E-state index is 11.6. The molecule has 0 fully saturated rings. The lowest BCUT2D eigenvalue weighted by molar-refractivity contribution is -0.139. The average molecular weight is 322 g/mol. The molecule has 2 amide bonds. The Morgan fingerprint density at radius 2 is 1.12 bits per heavy atom. The van der Waals surface area contributed by atoms with Gasteiger partial charge in [0.25, 0.3) is 0 Å². The summed E-state index contributed by atoms with van der Waals surface area (Å²) in [4.78, 5) is 23.2. The Bertz CT molecular complexity index is 730. The predicted octanol–water partition coefficient (Wildman–Crippen LogP) is 1.90. The van der Waals surface area contributed by atoms with Crippen LogP contribution in [0.1, 0.15) is 22.3 Å². The molecule has 122 valence electrons. The second-order valence-electron chi connectivity index (χ2n) is 5.11. The zero-order valence-electron chi connectivity index (χ0n) is 13.5. The van der Waals surface area contributed by atoms with E-state index in [1.807, 2.05) is 62.4 Å². The monoisotopic (exact) mass is 322 g/mol. The summed E-state index contributed by atoms with van der Waals surface area (Å²) < 4.78 is 0. The first kappa shape index (κ1) is 17.1. The summed E-state index contributed by atoms with van der Waals surface area (Å²) in [5, 5.41) is 7.53. The number of hydrazone groups is 2. The van der Waals surface area contributed by atoms with Crippen LogP contribution in [0.15, 0.2) is 58.7 Å². The van der Waals surface area contributed by atoms with Crippen molar-refractivity contribution in [1.82, 2.24) is 10.9 Å². The van der Waals surface area contributed by atoms with Crippen LogP contribution >= 0.6 is 0 Å². The summed E-state index contributed by atoms with van der Waals surface area (Å²) in [6.45, 7) is 3.85. The summed E-state index contributed by atoms with van der Waals surface area (Å²) in [7, 11) is 0. The Kier molecular flexibility index (Phi) is 5.96. The van der Waals surface area contributed by atoms with Crippen LogP contribution in [-0.4, -0.2) is 24.2 Å². The number of hydrogen-bond acceptors (Lipinski definition) is 4. The van der Waals surface area contributed by atoms with Crippen LogP contribution in [0, 0.1) is 13.8 Å². The normalized spacial score (nSPS) is 10.9. The van der Waals surface area contributed by atoms with E-state index in [4.69, 9.17) is 0 Å².